The van der Waals surface area contributed by atoms with Gasteiger partial charge in [-0.25, -0.2) is 9.18 Å². The zero-order valence-electron chi connectivity index (χ0n) is 13.7. The quantitative estimate of drug-likeness (QED) is 0.902. The smallest absolute Gasteiger partial charge is 0.317 e. The minimum Gasteiger partial charge on any atom is -0.393 e. The largest absolute Gasteiger partial charge is 0.393 e. The van der Waals surface area contributed by atoms with E-state index >= 15 is 0 Å². The number of hydrogen-bond acceptors (Lipinski definition) is 2. The average Bonchev–Trinajstić information content (AvgIpc) is 2.94. The summed E-state index contributed by atoms with van der Waals surface area (Å²) in [4.78, 5) is 14.0. The molecular weight excluding hydrogens is 283 g/mol. The van der Waals surface area contributed by atoms with Crippen molar-refractivity contribution in [3.8, 4) is 0 Å². The molecule has 0 bridgehead atoms. The van der Waals surface area contributed by atoms with Crippen LogP contribution in [-0.4, -0.2) is 35.2 Å². The Kier molecular flexibility index (Phi) is 5.06. The Morgan fingerprint density at radius 3 is 2.45 bits per heavy atom. The van der Waals surface area contributed by atoms with Crippen LogP contribution in [0.25, 0.3) is 0 Å². The molecule has 1 fully saturated rings. The molecule has 2 amide bonds. The first-order valence-corrected chi connectivity index (χ1v) is 7.79. The minimum atomic E-state index is -0.391. The summed E-state index contributed by atoms with van der Waals surface area (Å²) in [5, 5.41) is 12.6. The van der Waals surface area contributed by atoms with E-state index in [-0.39, 0.29) is 23.8 Å². The summed E-state index contributed by atoms with van der Waals surface area (Å²) in [5.41, 5.74) is 2.08. The summed E-state index contributed by atoms with van der Waals surface area (Å²) >= 11 is 0. The molecule has 0 radical (unpaired) electrons. The fourth-order valence-corrected chi connectivity index (χ4v) is 2.95. The molecule has 1 aromatic carbocycles. The number of carbonyl (C=O) groups excluding carboxylic acids is 1. The molecule has 1 saturated heterocycles. The molecule has 1 aliphatic heterocycles. The second-order valence-electron chi connectivity index (χ2n) is 6.38. The Hall–Kier alpha value is -1.62. The summed E-state index contributed by atoms with van der Waals surface area (Å²) in [7, 11) is 0. The maximum Gasteiger partial charge on any atom is 0.317 e. The van der Waals surface area contributed by atoms with Crippen LogP contribution in [0.1, 0.15) is 43.0 Å². The van der Waals surface area contributed by atoms with E-state index in [1.165, 1.54) is 0 Å². The average molecular weight is 308 g/mol. The van der Waals surface area contributed by atoms with Crippen molar-refractivity contribution in [1.29, 1.82) is 0 Å². The van der Waals surface area contributed by atoms with Crippen molar-refractivity contribution in [3.05, 3.63) is 34.6 Å². The number of halogens is 1. The number of likely N-dealkylation sites (tertiary alicyclic amines) is 1. The van der Waals surface area contributed by atoms with Crippen LogP contribution in [0.4, 0.5) is 9.18 Å². The van der Waals surface area contributed by atoms with Crippen molar-refractivity contribution < 1.29 is 14.3 Å². The van der Waals surface area contributed by atoms with E-state index in [1.54, 1.807) is 37.8 Å². The highest BCUT2D eigenvalue weighted by molar-refractivity contribution is 5.75. The third kappa shape index (κ3) is 3.58. The Morgan fingerprint density at radius 2 is 1.95 bits per heavy atom. The first-order chi connectivity index (χ1) is 10.3. The number of urea groups is 1. The van der Waals surface area contributed by atoms with E-state index in [4.69, 9.17) is 0 Å². The molecule has 0 spiro atoms. The number of nitrogens with zero attached hydrogens (tertiary/aromatic N) is 1. The third-order valence-electron chi connectivity index (χ3n) is 4.49. The zero-order valence-corrected chi connectivity index (χ0v) is 13.7. The van der Waals surface area contributed by atoms with Crippen LogP contribution < -0.4 is 5.32 Å². The predicted molar refractivity (Wildman–Crippen MR) is 84.2 cm³/mol. The summed E-state index contributed by atoms with van der Waals surface area (Å²) in [6.07, 6.45) is 0.437. The normalized spacial score (nSPS) is 20.8. The lowest BCUT2D eigenvalue weighted by Gasteiger charge is -2.22. The Morgan fingerprint density at radius 1 is 1.36 bits per heavy atom. The van der Waals surface area contributed by atoms with Crippen molar-refractivity contribution in [3.63, 3.8) is 0 Å². The van der Waals surface area contributed by atoms with Crippen molar-refractivity contribution in [2.75, 3.05) is 13.1 Å². The van der Waals surface area contributed by atoms with E-state index < -0.39 is 6.10 Å². The molecule has 0 aromatic heterocycles. The van der Waals surface area contributed by atoms with E-state index in [1.807, 2.05) is 6.92 Å². The van der Waals surface area contributed by atoms with Crippen LogP contribution >= 0.6 is 0 Å². The lowest BCUT2D eigenvalue weighted by atomic mass is 10.0. The second-order valence-corrected chi connectivity index (χ2v) is 6.38. The van der Waals surface area contributed by atoms with Gasteiger partial charge in [-0.3, -0.25) is 0 Å². The lowest BCUT2D eigenvalue weighted by Crippen LogP contribution is -2.40. The first kappa shape index (κ1) is 16.7. The zero-order chi connectivity index (χ0) is 16.4. The topological polar surface area (TPSA) is 52.6 Å². The number of benzene rings is 1. The molecule has 1 heterocycles. The molecule has 5 heteroatoms. The lowest BCUT2D eigenvalue weighted by molar-refractivity contribution is 0.129. The van der Waals surface area contributed by atoms with Gasteiger partial charge in [0.2, 0.25) is 0 Å². The van der Waals surface area contributed by atoms with Crippen LogP contribution in [0.3, 0.4) is 0 Å². The number of aryl methyl sites for hydroxylation is 2. The first-order valence-electron chi connectivity index (χ1n) is 7.79. The second kappa shape index (κ2) is 6.65. The summed E-state index contributed by atoms with van der Waals surface area (Å²) < 4.78 is 13.7. The molecule has 1 aliphatic rings. The SMILES string of the molecule is Cc1cc([C@H](C)NC(=O)N2CC[C@H]([C@@H](C)O)C2)cc(C)c1F. The molecule has 3 atom stereocenters. The number of amides is 2. The molecule has 122 valence electrons. The van der Waals surface area contributed by atoms with Crippen LogP contribution in [0.2, 0.25) is 0 Å². The minimum absolute atomic E-state index is 0.129. The van der Waals surface area contributed by atoms with Gasteiger partial charge in [-0.15, -0.1) is 0 Å². The fourth-order valence-electron chi connectivity index (χ4n) is 2.95. The van der Waals surface area contributed by atoms with E-state index in [9.17, 15) is 14.3 Å². The van der Waals surface area contributed by atoms with Gasteiger partial charge in [0.25, 0.3) is 0 Å². The number of rotatable bonds is 3. The number of aliphatic hydroxyl groups is 1. The standard InChI is InChI=1S/C17H25FN2O2/c1-10-7-15(8-11(2)16(10)18)12(3)19-17(22)20-6-5-14(9-20)13(4)21/h7-8,12-14,21H,5-6,9H2,1-4H3,(H,19,22)/t12-,13+,14-/m0/s1. The van der Waals surface area contributed by atoms with Crippen LogP contribution in [0.15, 0.2) is 12.1 Å². The van der Waals surface area contributed by atoms with Crippen molar-refractivity contribution in [1.82, 2.24) is 10.2 Å². The highest BCUT2D eigenvalue weighted by atomic mass is 19.1. The molecule has 4 nitrogen and oxygen atoms in total. The fraction of sp³-hybridized carbons (Fsp3) is 0.588. The third-order valence-corrected chi connectivity index (χ3v) is 4.49. The van der Waals surface area contributed by atoms with E-state index in [0.717, 1.165) is 12.0 Å². The van der Waals surface area contributed by atoms with Gasteiger partial charge in [0, 0.05) is 19.0 Å². The maximum absolute atomic E-state index is 13.7. The molecular formula is C17H25FN2O2. The van der Waals surface area contributed by atoms with Crippen molar-refractivity contribution >= 4 is 6.03 Å². The Bertz CT molecular complexity index is 537. The van der Waals surface area contributed by atoms with Gasteiger partial charge in [0.1, 0.15) is 5.82 Å². The summed E-state index contributed by atoms with van der Waals surface area (Å²) in [6, 6.07) is 3.23. The van der Waals surface area contributed by atoms with Gasteiger partial charge < -0.3 is 15.3 Å². The summed E-state index contributed by atoms with van der Waals surface area (Å²) in [5.74, 6) is -0.0436. The molecule has 2 rings (SSSR count). The maximum atomic E-state index is 13.7. The number of hydrogen-bond donors (Lipinski definition) is 2. The van der Waals surface area contributed by atoms with Crippen molar-refractivity contribution in [2.45, 2.75) is 46.3 Å². The summed E-state index contributed by atoms with van der Waals surface area (Å²) in [6.45, 7) is 8.36. The van der Waals surface area contributed by atoms with Gasteiger partial charge in [0.05, 0.1) is 12.1 Å². The molecule has 2 N–H and O–H groups in total. The highest BCUT2D eigenvalue weighted by Crippen LogP contribution is 2.22. The molecule has 0 aliphatic carbocycles. The molecule has 1 aromatic rings. The molecule has 0 unspecified atom stereocenters. The van der Waals surface area contributed by atoms with Crippen LogP contribution in [0.5, 0.6) is 0 Å². The van der Waals surface area contributed by atoms with Gasteiger partial charge >= 0.3 is 6.03 Å². The highest BCUT2D eigenvalue weighted by Gasteiger charge is 2.29. The number of aliphatic hydroxyl groups excluding tert-OH is 1. The Labute approximate surface area is 131 Å². The van der Waals surface area contributed by atoms with Crippen molar-refractivity contribution in [2.24, 2.45) is 5.92 Å². The van der Waals surface area contributed by atoms with Crippen LogP contribution in [-0.2, 0) is 0 Å². The predicted octanol–water partition coefficient (Wildman–Crippen LogP) is 2.92. The van der Waals surface area contributed by atoms with Gasteiger partial charge in [-0.1, -0.05) is 12.1 Å². The van der Waals surface area contributed by atoms with Crippen LogP contribution in [0, 0.1) is 25.6 Å². The van der Waals surface area contributed by atoms with E-state index in [0.29, 0.717) is 24.2 Å². The van der Waals surface area contributed by atoms with Gasteiger partial charge in [-0.05, 0) is 50.8 Å². The number of carbonyl (C=O) groups is 1. The van der Waals surface area contributed by atoms with Gasteiger partial charge in [-0.2, -0.15) is 0 Å². The molecule has 22 heavy (non-hydrogen) atoms. The molecule has 0 saturated carbocycles. The monoisotopic (exact) mass is 308 g/mol. The number of nitrogens with one attached hydrogen (secondary N) is 1. The van der Waals surface area contributed by atoms with Gasteiger partial charge in [0.15, 0.2) is 0 Å². The Balaban J connectivity index is 2.00. The van der Waals surface area contributed by atoms with E-state index in [2.05, 4.69) is 5.32 Å².